The van der Waals surface area contributed by atoms with Crippen molar-refractivity contribution in [1.82, 2.24) is 5.32 Å². The van der Waals surface area contributed by atoms with Crippen LogP contribution in [0, 0.1) is 6.92 Å². The smallest absolute Gasteiger partial charge is 0.335 e. The lowest BCUT2D eigenvalue weighted by molar-refractivity contribution is -0.124. The average molecular weight is 291 g/mol. The molecule has 0 saturated heterocycles. The van der Waals surface area contributed by atoms with Gasteiger partial charge in [0.25, 0.3) is 5.91 Å². The van der Waals surface area contributed by atoms with Crippen molar-refractivity contribution in [3.8, 4) is 5.75 Å². The van der Waals surface area contributed by atoms with Crippen LogP contribution in [-0.4, -0.2) is 29.6 Å². The molecule has 0 radical (unpaired) electrons. The first-order valence-corrected chi connectivity index (χ1v) is 7.32. The summed E-state index contributed by atoms with van der Waals surface area (Å²) in [4.78, 5) is 22.7. The number of carboxylic acid groups (broad SMARTS) is 1. The molecule has 1 aliphatic rings. The average Bonchev–Trinajstić information content (AvgIpc) is 2.47. The van der Waals surface area contributed by atoms with Crippen LogP contribution in [0.4, 0.5) is 0 Å². The number of carbonyl (C=O) groups is 2. The molecule has 1 fully saturated rings. The lowest BCUT2D eigenvalue weighted by Crippen LogP contribution is -2.39. The molecule has 1 aromatic rings. The van der Waals surface area contributed by atoms with Crippen LogP contribution in [0.2, 0.25) is 0 Å². The maximum absolute atomic E-state index is 11.8. The Bertz CT molecular complexity index is 521. The van der Waals surface area contributed by atoms with Gasteiger partial charge in [0.15, 0.2) is 6.61 Å². The van der Waals surface area contributed by atoms with Gasteiger partial charge in [-0.15, -0.1) is 0 Å². The van der Waals surface area contributed by atoms with Gasteiger partial charge >= 0.3 is 5.97 Å². The van der Waals surface area contributed by atoms with Gasteiger partial charge in [0.2, 0.25) is 0 Å². The highest BCUT2D eigenvalue weighted by Gasteiger charge is 2.16. The second kappa shape index (κ2) is 7.11. The van der Waals surface area contributed by atoms with Gasteiger partial charge in [-0.2, -0.15) is 0 Å². The van der Waals surface area contributed by atoms with Crippen molar-refractivity contribution in [1.29, 1.82) is 0 Å². The molecule has 1 aliphatic carbocycles. The van der Waals surface area contributed by atoms with Crippen LogP contribution in [0.1, 0.15) is 48.0 Å². The molecule has 1 aromatic carbocycles. The van der Waals surface area contributed by atoms with E-state index in [0.717, 1.165) is 12.8 Å². The number of aromatic carboxylic acids is 1. The van der Waals surface area contributed by atoms with Crippen molar-refractivity contribution in [3.05, 3.63) is 29.3 Å². The van der Waals surface area contributed by atoms with Gasteiger partial charge in [-0.1, -0.05) is 19.3 Å². The number of hydrogen-bond donors (Lipinski definition) is 2. The van der Waals surface area contributed by atoms with Gasteiger partial charge in [0.1, 0.15) is 5.75 Å². The number of carboxylic acids is 1. The first-order chi connectivity index (χ1) is 10.1. The highest BCUT2D eigenvalue weighted by molar-refractivity contribution is 5.88. The number of rotatable bonds is 5. The second-order valence-electron chi connectivity index (χ2n) is 5.48. The zero-order chi connectivity index (χ0) is 15.2. The molecule has 0 aliphatic heterocycles. The van der Waals surface area contributed by atoms with Gasteiger partial charge in [0.05, 0.1) is 5.56 Å². The number of benzene rings is 1. The van der Waals surface area contributed by atoms with Crippen LogP contribution in [0.3, 0.4) is 0 Å². The predicted octanol–water partition coefficient (Wildman–Crippen LogP) is 2.52. The Balaban J connectivity index is 1.84. The molecule has 2 rings (SSSR count). The molecular weight excluding hydrogens is 270 g/mol. The van der Waals surface area contributed by atoms with E-state index in [-0.39, 0.29) is 24.1 Å². The van der Waals surface area contributed by atoms with E-state index in [4.69, 9.17) is 9.84 Å². The molecule has 1 amide bonds. The van der Waals surface area contributed by atoms with Gasteiger partial charge in [-0.25, -0.2) is 4.79 Å². The van der Waals surface area contributed by atoms with Gasteiger partial charge in [-0.3, -0.25) is 4.79 Å². The number of aryl methyl sites for hydroxylation is 1. The maximum Gasteiger partial charge on any atom is 0.335 e. The summed E-state index contributed by atoms with van der Waals surface area (Å²) in [7, 11) is 0. The molecule has 5 nitrogen and oxygen atoms in total. The number of hydrogen-bond acceptors (Lipinski definition) is 3. The van der Waals surface area contributed by atoms with E-state index in [1.165, 1.54) is 31.4 Å². The van der Waals surface area contributed by atoms with Crippen molar-refractivity contribution in [2.24, 2.45) is 0 Å². The summed E-state index contributed by atoms with van der Waals surface area (Å²) in [6, 6.07) is 4.87. The number of carbonyl (C=O) groups excluding carboxylic acids is 1. The van der Waals surface area contributed by atoms with Crippen molar-refractivity contribution in [2.75, 3.05) is 6.61 Å². The van der Waals surface area contributed by atoms with E-state index in [0.29, 0.717) is 11.3 Å². The molecule has 1 saturated carbocycles. The first-order valence-electron chi connectivity index (χ1n) is 7.32. The minimum atomic E-state index is -0.973. The summed E-state index contributed by atoms with van der Waals surface area (Å²) in [5, 5.41) is 11.9. The largest absolute Gasteiger partial charge is 0.484 e. The molecule has 0 spiro atoms. The molecule has 0 aromatic heterocycles. The van der Waals surface area contributed by atoms with Crippen LogP contribution in [-0.2, 0) is 4.79 Å². The van der Waals surface area contributed by atoms with Crippen molar-refractivity contribution in [3.63, 3.8) is 0 Å². The van der Waals surface area contributed by atoms with Gasteiger partial charge in [-0.05, 0) is 43.5 Å². The Morgan fingerprint density at radius 1 is 1.29 bits per heavy atom. The standard InChI is InChI=1S/C16H21NO4/c1-11-9-12(16(19)20)7-8-14(11)21-10-15(18)17-13-5-3-2-4-6-13/h7-9,13H,2-6,10H2,1H3,(H,17,18)(H,19,20). The molecule has 0 bridgehead atoms. The molecule has 0 atom stereocenters. The Hall–Kier alpha value is -2.04. The molecule has 5 heteroatoms. The number of nitrogens with one attached hydrogen (secondary N) is 1. The minimum absolute atomic E-state index is 0.0379. The highest BCUT2D eigenvalue weighted by Crippen LogP contribution is 2.20. The molecule has 0 heterocycles. The van der Waals surface area contributed by atoms with Crippen LogP contribution < -0.4 is 10.1 Å². The fraction of sp³-hybridized carbons (Fsp3) is 0.500. The van der Waals surface area contributed by atoms with E-state index in [1.54, 1.807) is 13.0 Å². The third-order valence-electron chi connectivity index (χ3n) is 3.75. The fourth-order valence-electron chi connectivity index (χ4n) is 2.60. The lowest BCUT2D eigenvalue weighted by atomic mass is 9.95. The Labute approximate surface area is 124 Å². The summed E-state index contributed by atoms with van der Waals surface area (Å²) in [6.07, 6.45) is 5.66. The van der Waals surface area contributed by atoms with Crippen molar-refractivity contribution >= 4 is 11.9 Å². The summed E-state index contributed by atoms with van der Waals surface area (Å²) in [5.74, 6) is -0.554. The quantitative estimate of drug-likeness (QED) is 0.874. The van der Waals surface area contributed by atoms with Gasteiger partial charge < -0.3 is 15.2 Å². The van der Waals surface area contributed by atoms with E-state index in [1.807, 2.05) is 0 Å². The third kappa shape index (κ3) is 4.48. The molecule has 114 valence electrons. The molecule has 0 unspecified atom stereocenters. The molecule has 21 heavy (non-hydrogen) atoms. The number of amides is 1. The topological polar surface area (TPSA) is 75.6 Å². The van der Waals surface area contributed by atoms with Crippen LogP contribution >= 0.6 is 0 Å². The Kier molecular flexibility index (Phi) is 5.20. The van der Waals surface area contributed by atoms with Crippen LogP contribution in [0.15, 0.2) is 18.2 Å². The van der Waals surface area contributed by atoms with Crippen LogP contribution in [0.5, 0.6) is 5.75 Å². The van der Waals surface area contributed by atoms with E-state index < -0.39 is 5.97 Å². The third-order valence-corrected chi connectivity index (χ3v) is 3.75. The Morgan fingerprint density at radius 3 is 2.62 bits per heavy atom. The number of ether oxygens (including phenoxy) is 1. The SMILES string of the molecule is Cc1cc(C(=O)O)ccc1OCC(=O)NC1CCCCC1. The van der Waals surface area contributed by atoms with Gasteiger partial charge in [0, 0.05) is 6.04 Å². The summed E-state index contributed by atoms with van der Waals surface area (Å²) >= 11 is 0. The monoisotopic (exact) mass is 291 g/mol. The predicted molar refractivity (Wildman–Crippen MR) is 78.6 cm³/mol. The normalized spacial score (nSPS) is 15.5. The zero-order valence-corrected chi connectivity index (χ0v) is 12.2. The summed E-state index contributed by atoms with van der Waals surface area (Å²) < 4.78 is 5.47. The summed E-state index contributed by atoms with van der Waals surface area (Å²) in [6.45, 7) is 1.73. The van der Waals surface area contributed by atoms with Crippen molar-refractivity contribution < 1.29 is 19.4 Å². The van der Waals surface area contributed by atoms with E-state index >= 15 is 0 Å². The molecule has 2 N–H and O–H groups in total. The molecular formula is C16H21NO4. The Morgan fingerprint density at radius 2 is 2.00 bits per heavy atom. The minimum Gasteiger partial charge on any atom is -0.484 e. The summed E-state index contributed by atoms with van der Waals surface area (Å²) in [5.41, 5.74) is 0.923. The van der Waals surface area contributed by atoms with E-state index in [9.17, 15) is 9.59 Å². The fourth-order valence-corrected chi connectivity index (χ4v) is 2.60. The second-order valence-corrected chi connectivity index (χ2v) is 5.48. The zero-order valence-electron chi connectivity index (χ0n) is 12.2. The highest BCUT2D eigenvalue weighted by atomic mass is 16.5. The lowest BCUT2D eigenvalue weighted by Gasteiger charge is -2.22. The van der Waals surface area contributed by atoms with Crippen LogP contribution in [0.25, 0.3) is 0 Å². The van der Waals surface area contributed by atoms with Crippen molar-refractivity contribution in [2.45, 2.75) is 45.1 Å². The maximum atomic E-state index is 11.8. The first kappa shape index (κ1) is 15.4. The van der Waals surface area contributed by atoms with E-state index in [2.05, 4.69) is 5.32 Å².